The number of amides is 1. The summed E-state index contributed by atoms with van der Waals surface area (Å²) in [6.45, 7) is 6.29. The molecule has 0 saturated carbocycles. The Bertz CT molecular complexity index is 1840. The lowest BCUT2D eigenvalue weighted by molar-refractivity contribution is -0.125. The third-order valence-electron chi connectivity index (χ3n) is 7.66. The molecule has 0 spiro atoms. The molecule has 1 unspecified atom stereocenters. The number of H-pyrrole nitrogens is 1. The quantitative estimate of drug-likeness (QED) is 0.232. The molecule has 1 saturated heterocycles. The number of aryl methyl sites for hydroxylation is 2. The van der Waals surface area contributed by atoms with Crippen LogP contribution in [0.15, 0.2) is 58.2 Å². The van der Waals surface area contributed by atoms with Crippen molar-refractivity contribution in [3.8, 4) is 0 Å². The normalized spacial score (nSPS) is 15.7. The molecule has 1 amide bonds. The van der Waals surface area contributed by atoms with Crippen molar-refractivity contribution < 1.29 is 22.7 Å². The smallest absolute Gasteiger partial charge is 0.361 e. The highest BCUT2D eigenvalue weighted by atomic mass is 32.2. The number of benzene rings is 2. The van der Waals surface area contributed by atoms with E-state index in [9.17, 15) is 22.8 Å². The van der Waals surface area contributed by atoms with Gasteiger partial charge in [0.2, 0.25) is 15.9 Å². The van der Waals surface area contributed by atoms with Gasteiger partial charge in [0, 0.05) is 26.2 Å². The van der Waals surface area contributed by atoms with Crippen LogP contribution in [0.25, 0.3) is 10.2 Å². The molecule has 1 fully saturated rings. The topological polar surface area (TPSA) is 155 Å². The van der Waals surface area contributed by atoms with Gasteiger partial charge in [-0.2, -0.15) is 9.40 Å². The maximum Gasteiger partial charge on any atom is 0.361 e. The van der Waals surface area contributed by atoms with Crippen LogP contribution < -0.4 is 15.8 Å². The van der Waals surface area contributed by atoms with E-state index >= 15 is 0 Å². The number of fused-ring (bicyclic) bond motifs is 1. The Morgan fingerprint density at radius 3 is 2.38 bits per heavy atom. The zero-order valence-electron chi connectivity index (χ0n) is 25.4. The van der Waals surface area contributed by atoms with Crippen molar-refractivity contribution in [2.75, 3.05) is 31.1 Å². The monoisotopic (exact) mass is 652 g/mol. The molecule has 45 heavy (non-hydrogen) atoms. The predicted octanol–water partition coefficient (Wildman–Crippen LogP) is 3.27. The minimum Gasteiger partial charge on any atom is -0.461 e. The number of carbonyl (C=O) groups is 2. The van der Waals surface area contributed by atoms with Crippen LogP contribution in [0, 0.1) is 0 Å². The number of aromatic amines is 1. The Kier molecular flexibility index (Phi) is 9.95. The van der Waals surface area contributed by atoms with Crippen LogP contribution in [0.3, 0.4) is 0 Å². The van der Waals surface area contributed by atoms with Crippen molar-refractivity contribution >= 4 is 48.6 Å². The van der Waals surface area contributed by atoms with Gasteiger partial charge in [-0.05, 0) is 48.6 Å². The number of rotatable bonds is 11. The lowest BCUT2D eigenvalue weighted by atomic mass is 10.1. The zero-order valence-corrected chi connectivity index (χ0v) is 27.0. The SMILES string of the molecule is CCCc1ccc(CNC(=O)C2CN(c3nc4c(C(=O)OCC)n[nH]c(=O)c4s3)CCN2S(=O)(=O)c2ccc(CC)cc2)cc1. The number of nitrogens with zero attached hydrogens (tertiary/aromatic N) is 4. The van der Waals surface area contributed by atoms with Crippen molar-refractivity contribution in [1.82, 2.24) is 24.8 Å². The van der Waals surface area contributed by atoms with Crippen LogP contribution in [-0.4, -0.2) is 72.1 Å². The summed E-state index contributed by atoms with van der Waals surface area (Å²) in [5, 5.41) is 9.45. The van der Waals surface area contributed by atoms with Crippen LogP contribution in [0.5, 0.6) is 0 Å². The van der Waals surface area contributed by atoms with Gasteiger partial charge in [-0.15, -0.1) is 0 Å². The highest BCUT2D eigenvalue weighted by Gasteiger charge is 2.41. The molecule has 1 aliphatic rings. The first-order valence-corrected chi connectivity index (χ1v) is 17.2. The molecule has 2 aromatic heterocycles. The zero-order chi connectivity index (χ0) is 32.1. The highest BCUT2D eigenvalue weighted by Crippen LogP contribution is 2.31. The summed E-state index contributed by atoms with van der Waals surface area (Å²) in [4.78, 5) is 45.2. The van der Waals surface area contributed by atoms with Gasteiger partial charge in [-0.1, -0.05) is 68.0 Å². The molecule has 12 nitrogen and oxygen atoms in total. The summed E-state index contributed by atoms with van der Waals surface area (Å²) in [5.41, 5.74) is 2.56. The number of thiazole rings is 1. The highest BCUT2D eigenvalue weighted by molar-refractivity contribution is 7.89. The minimum atomic E-state index is -4.03. The van der Waals surface area contributed by atoms with Crippen molar-refractivity contribution in [2.45, 2.75) is 57.5 Å². The number of carbonyl (C=O) groups excluding carboxylic acids is 2. The van der Waals surface area contributed by atoms with E-state index in [0.717, 1.165) is 41.7 Å². The third kappa shape index (κ3) is 6.92. The Balaban J connectivity index is 1.45. The number of hydrogen-bond donors (Lipinski definition) is 2. The fourth-order valence-corrected chi connectivity index (χ4v) is 7.77. The van der Waals surface area contributed by atoms with Crippen LogP contribution in [0.2, 0.25) is 0 Å². The molecule has 0 aliphatic carbocycles. The molecule has 1 atom stereocenters. The number of anilines is 1. The number of hydrogen-bond acceptors (Lipinski definition) is 10. The molecular weight excluding hydrogens is 617 g/mol. The first kappa shape index (κ1) is 32.3. The van der Waals surface area contributed by atoms with Gasteiger partial charge < -0.3 is 15.0 Å². The predicted molar refractivity (Wildman–Crippen MR) is 172 cm³/mol. The van der Waals surface area contributed by atoms with Crippen molar-refractivity contribution in [1.29, 1.82) is 0 Å². The summed E-state index contributed by atoms with van der Waals surface area (Å²) in [5.74, 6) is -1.18. The molecule has 0 radical (unpaired) electrons. The van der Waals surface area contributed by atoms with E-state index in [0.29, 0.717) is 5.13 Å². The molecule has 0 bridgehead atoms. The van der Waals surface area contributed by atoms with Gasteiger partial charge >= 0.3 is 5.97 Å². The molecule has 5 rings (SSSR count). The molecule has 1 aliphatic heterocycles. The Morgan fingerprint density at radius 2 is 1.71 bits per heavy atom. The Morgan fingerprint density at radius 1 is 1.02 bits per heavy atom. The molecule has 3 heterocycles. The summed E-state index contributed by atoms with van der Waals surface area (Å²) in [7, 11) is -4.03. The standard InChI is InChI=1S/C31H36N6O6S2/c1-4-7-21-8-10-22(11-9-21)18-32-28(38)24-19-36(16-17-37(24)45(41,42)23-14-12-20(5-2)13-15-23)31-33-25-26(30(40)43-6-3)34-35-29(39)27(25)44-31/h8-15,24H,4-7,16-19H2,1-3H3,(H,32,38)(H,35,39). The lowest BCUT2D eigenvalue weighted by Crippen LogP contribution is -2.60. The summed E-state index contributed by atoms with van der Waals surface area (Å²) >= 11 is 1.04. The summed E-state index contributed by atoms with van der Waals surface area (Å²) < 4.78 is 34.3. The first-order valence-electron chi connectivity index (χ1n) is 14.9. The number of nitrogens with one attached hydrogen (secondary N) is 2. The third-order valence-corrected chi connectivity index (χ3v) is 10.7. The molecule has 4 aromatic rings. The van der Waals surface area contributed by atoms with E-state index in [1.165, 1.54) is 9.87 Å². The maximum absolute atomic E-state index is 13.9. The molecule has 238 valence electrons. The molecule has 2 aromatic carbocycles. The Labute approximate surface area is 265 Å². The second-order valence-electron chi connectivity index (χ2n) is 10.7. The minimum absolute atomic E-state index is 0.00305. The number of sulfonamides is 1. The van der Waals surface area contributed by atoms with E-state index in [1.54, 1.807) is 36.1 Å². The van der Waals surface area contributed by atoms with Gasteiger partial charge in [0.15, 0.2) is 10.8 Å². The van der Waals surface area contributed by atoms with E-state index in [2.05, 4.69) is 27.4 Å². The van der Waals surface area contributed by atoms with Crippen LogP contribution in [-0.2, 0) is 38.9 Å². The number of piperazine rings is 1. The number of esters is 1. The van der Waals surface area contributed by atoms with Crippen molar-refractivity contribution in [3.05, 3.63) is 81.3 Å². The fraction of sp³-hybridized carbons (Fsp3) is 0.387. The Hall–Kier alpha value is -4.14. The van der Waals surface area contributed by atoms with E-state index in [4.69, 9.17) is 4.74 Å². The average Bonchev–Trinajstić information content (AvgIpc) is 3.51. The van der Waals surface area contributed by atoms with E-state index in [1.807, 2.05) is 31.2 Å². The molecule has 2 N–H and O–H groups in total. The van der Waals surface area contributed by atoms with Gasteiger partial charge in [0.1, 0.15) is 16.3 Å². The summed E-state index contributed by atoms with van der Waals surface area (Å²) in [6.07, 6.45) is 2.76. The lowest BCUT2D eigenvalue weighted by Gasteiger charge is -2.39. The van der Waals surface area contributed by atoms with Crippen LogP contribution in [0.4, 0.5) is 5.13 Å². The van der Waals surface area contributed by atoms with Crippen LogP contribution >= 0.6 is 11.3 Å². The fourth-order valence-electron chi connectivity index (χ4n) is 5.20. The van der Waals surface area contributed by atoms with Gasteiger partial charge in [-0.25, -0.2) is 23.3 Å². The van der Waals surface area contributed by atoms with Gasteiger partial charge in [0.05, 0.1) is 11.5 Å². The van der Waals surface area contributed by atoms with E-state index in [-0.39, 0.29) is 53.6 Å². The largest absolute Gasteiger partial charge is 0.461 e. The van der Waals surface area contributed by atoms with Gasteiger partial charge in [0.25, 0.3) is 5.56 Å². The molecule has 14 heteroatoms. The number of ether oxygens (including phenoxy) is 1. The second-order valence-corrected chi connectivity index (χ2v) is 13.5. The van der Waals surface area contributed by atoms with Crippen molar-refractivity contribution in [3.63, 3.8) is 0 Å². The first-order chi connectivity index (χ1) is 21.7. The average molecular weight is 653 g/mol. The van der Waals surface area contributed by atoms with Crippen molar-refractivity contribution in [2.24, 2.45) is 0 Å². The van der Waals surface area contributed by atoms with Gasteiger partial charge in [-0.3, -0.25) is 9.59 Å². The number of aromatic nitrogens is 3. The van der Waals surface area contributed by atoms with Crippen LogP contribution in [0.1, 0.15) is 54.4 Å². The molecular formula is C31H36N6O6S2. The summed E-state index contributed by atoms with van der Waals surface area (Å²) in [6, 6.07) is 13.5. The van der Waals surface area contributed by atoms with E-state index < -0.39 is 33.5 Å². The maximum atomic E-state index is 13.9. The second kappa shape index (κ2) is 13.9.